The third-order valence-electron chi connectivity index (χ3n) is 8.27. The van der Waals surface area contributed by atoms with E-state index >= 15 is 0 Å². The molecule has 0 heteroatoms. The fourth-order valence-corrected chi connectivity index (χ4v) is 5.56. The van der Waals surface area contributed by atoms with Crippen molar-refractivity contribution in [3.8, 4) is 0 Å². The molecule has 0 aromatic carbocycles. The Bertz CT molecular complexity index is 332. The smallest absolute Gasteiger partial charge is 0.0165 e. The molecule has 1 aliphatic carbocycles. The van der Waals surface area contributed by atoms with Crippen LogP contribution in [0.25, 0.3) is 0 Å². The van der Waals surface area contributed by atoms with Gasteiger partial charge in [0.05, 0.1) is 0 Å². The van der Waals surface area contributed by atoms with Crippen molar-refractivity contribution in [2.45, 2.75) is 89.5 Å². The van der Waals surface area contributed by atoms with Crippen LogP contribution in [0.2, 0.25) is 0 Å². The number of hydrogen-bond acceptors (Lipinski definition) is 0. The fraction of sp³-hybridized carbons (Fsp3) is 1.00. The average Bonchev–Trinajstić information content (AvgIpc) is 2.10. The predicted octanol–water partition coefficient (Wildman–Crippen LogP) is 6.55. The molecule has 1 fully saturated rings. The van der Waals surface area contributed by atoms with Crippen LogP contribution >= 0.6 is 0 Å². The SMILES string of the molecule is CC(C)(C)C1(C)C(C)(C)C(C)(C)CC(C)(C)C1(C)C. The minimum atomic E-state index is 0.276. The Hall–Kier alpha value is 0. The molecule has 0 radical (unpaired) electrons. The van der Waals surface area contributed by atoms with E-state index in [1.807, 2.05) is 0 Å². The summed E-state index contributed by atoms with van der Waals surface area (Å²) in [6, 6.07) is 0. The lowest BCUT2D eigenvalue weighted by Crippen LogP contribution is -2.68. The van der Waals surface area contributed by atoms with E-state index in [4.69, 9.17) is 0 Å². The van der Waals surface area contributed by atoms with Gasteiger partial charge in [0.15, 0.2) is 0 Å². The Morgan fingerprint density at radius 3 is 1.05 bits per heavy atom. The summed E-state index contributed by atoms with van der Waals surface area (Å²) < 4.78 is 0. The van der Waals surface area contributed by atoms with Gasteiger partial charge < -0.3 is 0 Å². The van der Waals surface area contributed by atoms with Crippen molar-refractivity contribution in [3.63, 3.8) is 0 Å². The molecular formula is C19H38. The second kappa shape index (κ2) is 3.80. The number of hydrogen-bond donors (Lipinski definition) is 0. The fourth-order valence-electron chi connectivity index (χ4n) is 5.56. The molecule has 0 unspecified atom stereocenters. The molecule has 114 valence electrons. The van der Waals surface area contributed by atoms with Crippen LogP contribution in [0.4, 0.5) is 0 Å². The molecule has 1 saturated carbocycles. The van der Waals surface area contributed by atoms with Crippen LogP contribution in [0.5, 0.6) is 0 Å². The van der Waals surface area contributed by atoms with Gasteiger partial charge in [-0.1, -0.05) is 83.1 Å². The van der Waals surface area contributed by atoms with Gasteiger partial charge in [-0.15, -0.1) is 0 Å². The highest BCUT2D eigenvalue weighted by atomic mass is 14.7. The van der Waals surface area contributed by atoms with Crippen molar-refractivity contribution in [1.29, 1.82) is 0 Å². The molecule has 1 aliphatic rings. The molecule has 0 N–H and O–H groups in total. The lowest BCUT2D eigenvalue weighted by molar-refractivity contribution is -0.260. The summed E-state index contributed by atoms with van der Waals surface area (Å²) in [5.74, 6) is 0. The van der Waals surface area contributed by atoms with E-state index in [2.05, 4.69) is 83.1 Å². The summed E-state index contributed by atoms with van der Waals surface area (Å²) in [6.45, 7) is 29.8. The van der Waals surface area contributed by atoms with Crippen molar-refractivity contribution >= 4 is 0 Å². The highest BCUT2D eigenvalue weighted by molar-refractivity contribution is 5.17. The molecule has 0 aromatic heterocycles. The van der Waals surface area contributed by atoms with Crippen LogP contribution in [0.15, 0.2) is 0 Å². The summed E-state index contributed by atoms with van der Waals surface area (Å²) >= 11 is 0. The van der Waals surface area contributed by atoms with Crippen LogP contribution in [0.3, 0.4) is 0 Å². The first-order chi connectivity index (χ1) is 7.96. The van der Waals surface area contributed by atoms with Crippen LogP contribution < -0.4 is 0 Å². The minimum absolute atomic E-state index is 0.276. The van der Waals surface area contributed by atoms with Crippen LogP contribution in [0.1, 0.15) is 89.5 Å². The van der Waals surface area contributed by atoms with Gasteiger partial charge in [-0.2, -0.15) is 0 Å². The molecule has 0 amide bonds. The Balaban J connectivity index is 3.70. The topological polar surface area (TPSA) is 0 Å². The molecular weight excluding hydrogens is 228 g/mol. The molecule has 0 aromatic rings. The van der Waals surface area contributed by atoms with Crippen LogP contribution in [0, 0.1) is 32.5 Å². The maximum atomic E-state index is 2.55. The minimum Gasteiger partial charge on any atom is -0.0596 e. The zero-order chi connectivity index (χ0) is 15.7. The van der Waals surface area contributed by atoms with Crippen LogP contribution in [-0.2, 0) is 0 Å². The van der Waals surface area contributed by atoms with Crippen molar-refractivity contribution in [2.75, 3.05) is 0 Å². The van der Waals surface area contributed by atoms with Crippen molar-refractivity contribution < 1.29 is 0 Å². The first-order valence-electron chi connectivity index (χ1n) is 7.96. The lowest BCUT2D eigenvalue weighted by atomic mass is 9.30. The predicted molar refractivity (Wildman–Crippen MR) is 87.3 cm³/mol. The van der Waals surface area contributed by atoms with Gasteiger partial charge >= 0.3 is 0 Å². The Morgan fingerprint density at radius 1 is 0.579 bits per heavy atom. The Kier molecular flexibility index (Phi) is 3.41. The third-order valence-corrected chi connectivity index (χ3v) is 8.27. The maximum Gasteiger partial charge on any atom is -0.0165 e. The lowest BCUT2D eigenvalue weighted by Gasteiger charge is -2.74. The summed E-state index contributed by atoms with van der Waals surface area (Å²) in [7, 11) is 0. The van der Waals surface area contributed by atoms with Gasteiger partial charge in [-0.25, -0.2) is 0 Å². The van der Waals surface area contributed by atoms with Gasteiger partial charge in [0.25, 0.3) is 0 Å². The van der Waals surface area contributed by atoms with Crippen LogP contribution in [-0.4, -0.2) is 0 Å². The quantitative estimate of drug-likeness (QED) is 0.466. The van der Waals surface area contributed by atoms with E-state index in [0.29, 0.717) is 21.7 Å². The summed E-state index contributed by atoms with van der Waals surface area (Å²) in [5, 5.41) is 0. The normalized spacial score (nSPS) is 30.9. The molecule has 0 heterocycles. The van der Waals surface area contributed by atoms with Crippen molar-refractivity contribution in [2.24, 2.45) is 32.5 Å². The van der Waals surface area contributed by atoms with Gasteiger partial charge in [0, 0.05) is 0 Å². The molecule has 0 bridgehead atoms. The molecule has 0 spiro atoms. The van der Waals surface area contributed by atoms with E-state index in [1.54, 1.807) is 0 Å². The highest BCUT2D eigenvalue weighted by Crippen LogP contribution is 2.76. The molecule has 0 aliphatic heterocycles. The first kappa shape index (κ1) is 17.1. The third kappa shape index (κ3) is 1.77. The van der Waals surface area contributed by atoms with Gasteiger partial charge in [0.1, 0.15) is 0 Å². The maximum absolute atomic E-state index is 2.55. The average molecular weight is 267 g/mol. The van der Waals surface area contributed by atoms with Crippen molar-refractivity contribution in [3.05, 3.63) is 0 Å². The van der Waals surface area contributed by atoms with E-state index in [9.17, 15) is 0 Å². The molecule has 0 saturated heterocycles. The molecule has 0 nitrogen and oxygen atoms in total. The van der Waals surface area contributed by atoms with E-state index in [0.717, 1.165) is 0 Å². The van der Waals surface area contributed by atoms with Crippen molar-refractivity contribution in [1.82, 2.24) is 0 Å². The second-order valence-corrected chi connectivity index (χ2v) is 10.6. The number of rotatable bonds is 0. The first-order valence-corrected chi connectivity index (χ1v) is 7.96. The monoisotopic (exact) mass is 266 g/mol. The molecule has 0 atom stereocenters. The Morgan fingerprint density at radius 2 is 0.842 bits per heavy atom. The van der Waals surface area contributed by atoms with E-state index in [-0.39, 0.29) is 10.8 Å². The largest absolute Gasteiger partial charge is 0.0596 e. The summed E-state index contributed by atoms with van der Waals surface area (Å²) in [5.41, 5.74) is 1.88. The summed E-state index contributed by atoms with van der Waals surface area (Å²) in [4.78, 5) is 0. The van der Waals surface area contributed by atoms with Gasteiger partial charge in [-0.05, 0) is 38.9 Å². The zero-order valence-corrected chi connectivity index (χ0v) is 15.7. The summed E-state index contributed by atoms with van der Waals surface area (Å²) in [6.07, 6.45) is 1.30. The van der Waals surface area contributed by atoms with Gasteiger partial charge in [-0.3, -0.25) is 0 Å². The standard InChI is InChI=1S/C19H38/c1-14(2,3)19(12)17(8,9)15(4,5)13-16(6,7)18(19,10)11/h13H2,1-12H3. The Labute approximate surface area is 122 Å². The van der Waals surface area contributed by atoms with Gasteiger partial charge in [0.2, 0.25) is 0 Å². The zero-order valence-electron chi connectivity index (χ0n) is 15.7. The second-order valence-electron chi connectivity index (χ2n) is 10.6. The molecule has 1 rings (SSSR count). The molecule has 19 heavy (non-hydrogen) atoms. The highest BCUT2D eigenvalue weighted by Gasteiger charge is 2.69. The van der Waals surface area contributed by atoms with E-state index in [1.165, 1.54) is 6.42 Å². The van der Waals surface area contributed by atoms with E-state index < -0.39 is 0 Å².